The maximum Gasteiger partial charge on any atom is 0.262 e. The number of hydrazone groups is 1. The van der Waals surface area contributed by atoms with Crippen molar-refractivity contribution in [2.75, 3.05) is 6.61 Å². The van der Waals surface area contributed by atoms with Crippen molar-refractivity contribution in [1.29, 1.82) is 0 Å². The maximum absolute atomic E-state index is 12.8. The predicted octanol–water partition coefficient (Wildman–Crippen LogP) is 4.52. The van der Waals surface area contributed by atoms with Gasteiger partial charge in [0, 0.05) is 5.56 Å². The summed E-state index contributed by atoms with van der Waals surface area (Å²) in [6, 6.07) is 19.0. The monoisotopic (exact) mass is 445 g/mol. The molecule has 0 aromatic heterocycles. The van der Waals surface area contributed by atoms with Gasteiger partial charge in [-0.25, -0.2) is 5.43 Å². The number of amides is 2. The zero-order chi connectivity index (χ0) is 23.8. The summed E-state index contributed by atoms with van der Waals surface area (Å²) in [5.74, 6) is 0.192. The van der Waals surface area contributed by atoms with E-state index in [1.54, 1.807) is 6.21 Å². The van der Waals surface area contributed by atoms with E-state index < -0.39 is 6.04 Å². The third-order valence-electron chi connectivity index (χ3n) is 5.32. The first-order valence-corrected chi connectivity index (χ1v) is 11.1. The molecule has 0 aliphatic carbocycles. The summed E-state index contributed by atoms with van der Waals surface area (Å²) in [6.07, 6.45) is 2.11. The van der Waals surface area contributed by atoms with Gasteiger partial charge in [0.1, 0.15) is 11.8 Å². The Morgan fingerprint density at radius 2 is 1.64 bits per heavy atom. The van der Waals surface area contributed by atoms with Crippen molar-refractivity contribution in [3.8, 4) is 5.75 Å². The molecule has 0 spiro atoms. The number of aryl methyl sites for hydroxylation is 2. The predicted molar refractivity (Wildman–Crippen MR) is 132 cm³/mol. The van der Waals surface area contributed by atoms with Gasteiger partial charge in [-0.3, -0.25) is 9.59 Å². The van der Waals surface area contributed by atoms with Crippen LogP contribution in [0.25, 0.3) is 10.8 Å². The minimum absolute atomic E-state index is 0.160. The van der Waals surface area contributed by atoms with Gasteiger partial charge in [-0.2, -0.15) is 5.10 Å². The van der Waals surface area contributed by atoms with Crippen LogP contribution < -0.4 is 15.5 Å². The largest absolute Gasteiger partial charge is 0.483 e. The highest BCUT2D eigenvalue weighted by Crippen LogP contribution is 2.22. The van der Waals surface area contributed by atoms with Gasteiger partial charge in [0.05, 0.1) is 6.21 Å². The Balaban J connectivity index is 1.62. The minimum atomic E-state index is -0.705. The number of hydrogen-bond acceptors (Lipinski definition) is 4. The third kappa shape index (κ3) is 6.65. The molecule has 0 radical (unpaired) electrons. The van der Waals surface area contributed by atoms with Crippen LogP contribution >= 0.6 is 0 Å². The lowest BCUT2D eigenvalue weighted by molar-refractivity contribution is -0.130. The SMILES string of the molecule is Cc1cccc(C)c1OCC(=O)N[C@H](CC(C)C)C(=O)N/N=C\c1cccc2ccccc12. The van der Waals surface area contributed by atoms with Crippen LogP contribution in [0, 0.1) is 19.8 Å². The number of rotatable bonds is 9. The van der Waals surface area contributed by atoms with Crippen molar-refractivity contribution in [1.82, 2.24) is 10.7 Å². The first kappa shape index (κ1) is 24.0. The quantitative estimate of drug-likeness (QED) is 0.375. The molecule has 0 saturated carbocycles. The van der Waals surface area contributed by atoms with Crippen LogP contribution in [0.1, 0.15) is 37.0 Å². The van der Waals surface area contributed by atoms with Crippen LogP contribution in [0.5, 0.6) is 5.75 Å². The van der Waals surface area contributed by atoms with Gasteiger partial charge in [0.15, 0.2) is 6.61 Å². The van der Waals surface area contributed by atoms with E-state index in [-0.39, 0.29) is 24.3 Å². The molecule has 0 aliphatic heterocycles. The molecular weight excluding hydrogens is 414 g/mol. The molecule has 3 aromatic rings. The number of nitrogens with one attached hydrogen (secondary N) is 2. The average molecular weight is 446 g/mol. The molecule has 0 unspecified atom stereocenters. The Morgan fingerprint density at radius 3 is 2.36 bits per heavy atom. The van der Waals surface area contributed by atoms with E-state index in [9.17, 15) is 9.59 Å². The number of carbonyl (C=O) groups is 2. The summed E-state index contributed by atoms with van der Waals surface area (Å²) in [4.78, 5) is 25.3. The smallest absolute Gasteiger partial charge is 0.262 e. The van der Waals surface area contributed by atoms with E-state index in [4.69, 9.17) is 4.74 Å². The van der Waals surface area contributed by atoms with Crippen LogP contribution in [-0.2, 0) is 9.59 Å². The lowest BCUT2D eigenvalue weighted by Crippen LogP contribution is -2.47. The second kappa shape index (κ2) is 11.3. The van der Waals surface area contributed by atoms with Gasteiger partial charge in [0.2, 0.25) is 0 Å². The molecule has 2 amide bonds. The maximum atomic E-state index is 12.8. The van der Waals surface area contributed by atoms with Crippen LogP contribution in [0.4, 0.5) is 0 Å². The summed E-state index contributed by atoms with van der Waals surface area (Å²) in [7, 11) is 0. The van der Waals surface area contributed by atoms with Crippen LogP contribution in [-0.4, -0.2) is 30.7 Å². The van der Waals surface area contributed by atoms with E-state index in [0.717, 1.165) is 27.5 Å². The molecule has 0 fully saturated rings. The molecule has 6 heteroatoms. The van der Waals surface area contributed by atoms with Crippen molar-refractivity contribution < 1.29 is 14.3 Å². The number of carbonyl (C=O) groups excluding carboxylic acids is 2. The number of fused-ring (bicyclic) bond motifs is 1. The lowest BCUT2D eigenvalue weighted by Gasteiger charge is -2.19. The zero-order valence-electron chi connectivity index (χ0n) is 19.6. The van der Waals surface area contributed by atoms with Crippen molar-refractivity contribution in [3.05, 3.63) is 77.4 Å². The third-order valence-corrected chi connectivity index (χ3v) is 5.32. The Hall–Kier alpha value is -3.67. The Morgan fingerprint density at radius 1 is 0.970 bits per heavy atom. The molecule has 0 aliphatic rings. The number of hydrogen-bond donors (Lipinski definition) is 2. The lowest BCUT2D eigenvalue weighted by atomic mass is 10.0. The average Bonchev–Trinajstić information content (AvgIpc) is 2.78. The van der Waals surface area contributed by atoms with Crippen LogP contribution in [0.15, 0.2) is 65.8 Å². The number of ether oxygens (including phenoxy) is 1. The molecule has 0 bridgehead atoms. The standard InChI is InChI=1S/C27H31N3O3/c1-18(2)15-24(29-25(31)17-33-26-19(3)9-7-10-20(26)4)27(32)30-28-16-22-13-8-12-21-11-5-6-14-23(21)22/h5-14,16,18,24H,15,17H2,1-4H3,(H,29,31)(H,30,32)/b28-16-/t24-/m1/s1. The van der Waals surface area contributed by atoms with Gasteiger partial charge >= 0.3 is 0 Å². The highest BCUT2D eigenvalue weighted by Gasteiger charge is 2.22. The van der Waals surface area contributed by atoms with Crippen molar-refractivity contribution in [3.63, 3.8) is 0 Å². The molecule has 1 atom stereocenters. The highest BCUT2D eigenvalue weighted by atomic mass is 16.5. The fraction of sp³-hybridized carbons (Fsp3) is 0.296. The summed E-state index contributed by atoms with van der Waals surface area (Å²) < 4.78 is 5.72. The Labute approximate surface area is 195 Å². The second-order valence-corrected chi connectivity index (χ2v) is 8.56. The summed E-state index contributed by atoms with van der Waals surface area (Å²) in [6.45, 7) is 7.71. The van der Waals surface area contributed by atoms with E-state index in [1.165, 1.54) is 0 Å². The van der Waals surface area contributed by atoms with Gasteiger partial charge in [0.25, 0.3) is 11.8 Å². The van der Waals surface area contributed by atoms with Gasteiger partial charge in [-0.15, -0.1) is 0 Å². The first-order chi connectivity index (χ1) is 15.8. The van der Waals surface area contributed by atoms with Crippen molar-refractivity contribution in [2.45, 2.75) is 40.2 Å². The van der Waals surface area contributed by atoms with Crippen LogP contribution in [0.2, 0.25) is 0 Å². The number of nitrogens with zero attached hydrogens (tertiary/aromatic N) is 1. The molecule has 2 N–H and O–H groups in total. The normalized spacial score (nSPS) is 12.2. The molecule has 3 aromatic carbocycles. The van der Waals surface area contributed by atoms with Gasteiger partial charge in [-0.1, -0.05) is 74.5 Å². The van der Waals surface area contributed by atoms with Gasteiger partial charge < -0.3 is 10.1 Å². The van der Waals surface area contributed by atoms with Crippen molar-refractivity contribution >= 4 is 28.8 Å². The van der Waals surface area contributed by atoms with E-state index >= 15 is 0 Å². The molecular formula is C27H31N3O3. The van der Waals surface area contributed by atoms with E-state index in [0.29, 0.717) is 12.2 Å². The number of benzene rings is 3. The minimum Gasteiger partial charge on any atom is -0.483 e. The molecule has 3 rings (SSSR count). The highest BCUT2D eigenvalue weighted by molar-refractivity contribution is 6.00. The Kier molecular flexibility index (Phi) is 8.19. The van der Waals surface area contributed by atoms with Gasteiger partial charge in [-0.05, 0) is 48.1 Å². The molecule has 172 valence electrons. The molecule has 0 heterocycles. The summed E-state index contributed by atoms with van der Waals surface area (Å²) in [5.41, 5.74) is 5.40. The number of para-hydroxylation sites is 1. The zero-order valence-corrected chi connectivity index (χ0v) is 19.6. The van der Waals surface area contributed by atoms with Crippen molar-refractivity contribution in [2.24, 2.45) is 11.0 Å². The fourth-order valence-corrected chi connectivity index (χ4v) is 3.71. The molecule has 33 heavy (non-hydrogen) atoms. The topological polar surface area (TPSA) is 79.8 Å². The fourth-order valence-electron chi connectivity index (χ4n) is 3.71. The molecule has 0 saturated heterocycles. The first-order valence-electron chi connectivity index (χ1n) is 11.1. The Bertz CT molecular complexity index is 1130. The molecule has 6 nitrogen and oxygen atoms in total. The second-order valence-electron chi connectivity index (χ2n) is 8.56. The van der Waals surface area contributed by atoms with E-state index in [1.807, 2.05) is 88.4 Å². The summed E-state index contributed by atoms with van der Waals surface area (Å²) in [5, 5.41) is 9.07. The summed E-state index contributed by atoms with van der Waals surface area (Å²) >= 11 is 0. The van der Waals surface area contributed by atoms with Crippen LogP contribution in [0.3, 0.4) is 0 Å². The van der Waals surface area contributed by atoms with E-state index in [2.05, 4.69) is 15.8 Å².